The summed E-state index contributed by atoms with van der Waals surface area (Å²) in [6.07, 6.45) is 0. The lowest BCUT2D eigenvalue weighted by Gasteiger charge is -2.32. The zero-order valence-electron chi connectivity index (χ0n) is 21.0. The molecular weight excluding hydrogens is 483 g/mol. The molecule has 2 aliphatic heterocycles. The molecule has 0 saturated carbocycles. The van der Waals surface area contributed by atoms with Gasteiger partial charge >= 0.3 is 7.12 Å². The number of rotatable bonds is 2. The third-order valence-corrected chi connectivity index (χ3v) is 9.96. The highest BCUT2D eigenvalue weighted by Gasteiger charge is 2.51. The molecule has 1 aromatic heterocycles. The Morgan fingerprint density at radius 3 is 2.11 bits per heavy atom. The lowest BCUT2D eigenvalue weighted by atomic mass is 9.79. The van der Waals surface area contributed by atoms with Crippen LogP contribution in [0.2, 0.25) is 0 Å². The van der Waals surface area contributed by atoms with E-state index in [9.17, 15) is 8.42 Å². The average molecular weight is 508 g/mol. The van der Waals surface area contributed by atoms with E-state index >= 15 is 0 Å². The molecule has 4 aromatic carbocycles. The first-order chi connectivity index (χ1) is 17.5. The Balaban J connectivity index is 1.30. The molecule has 0 unspecified atom stereocenters. The van der Waals surface area contributed by atoms with E-state index in [1.807, 2.05) is 76.2 Å². The number of hydrogen-bond donors (Lipinski definition) is 0. The van der Waals surface area contributed by atoms with Gasteiger partial charge in [-0.15, -0.1) is 0 Å². The minimum Gasteiger partial charge on any atom is -0.456 e. The molecule has 0 N–H and O–H groups in total. The van der Waals surface area contributed by atoms with Gasteiger partial charge in [0.25, 0.3) is 0 Å². The highest BCUT2D eigenvalue weighted by Crippen LogP contribution is 2.45. The van der Waals surface area contributed by atoms with E-state index in [2.05, 4.69) is 12.1 Å². The smallest absolute Gasteiger partial charge is 0.456 e. The van der Waals surface area contributed by atoms with Crippen molar-refractivity contribution in [3.8, 4) is 22.3 Å². The Morgan fingerprint density at radius 2 is 1.32 bits per heavy atom. The van der Waals surface area contributed by atoms with E-state index in [1.165, 1.54) is 0 Å². The van der Waals surface area contributed by atoms with E-state index in [0.29, 0.717) is 9.79 Å². The summed E-state index contributed by atoms with van der Waals surface area (Å²) in [5, 5.41) is 2.01. The summed E-state index contributed by atoms with van der Waals surface area (Å²) >= 11 is 0. The molecule has 5 aromatic rings. The van der Waals surface area contributed by atoms with Crippen molar-refractivity contribution in [1.82, 2.24) is 0 Å². The van der Waals surface area contributed by atoms with Crippen LogP contribution in [-0.4, -0.2) is 26.7 Å². The zero-order chi connectivity index (χ0) is 25.7. The van der Waals surface area contributed by atoms with Gasteiger partial charge < -0.3 is 13.7 Å². The van der Waals surface area contributed by atoms with Crippen molar-refractivity contribution in [2.75, 3.05) is 0 Å². The third-order valence-electron chi connectivity index (χ3n) is 8.09. The lowest BCUT2D eigenvalue weighted by molar-refractivity contribution is 0.00578. The van der Waals surface area contributed by atoms with Crippen LogP contribution in [0, 0.1) is 0 Å². The van der Waals surface area contributed by atoms with E-state index in [4.69, 9.17) is 13.7 Å². The first kappa shape index (κ1) is 22.8. The standard InChI is InChI=1S/C30H25BO5S/c1-29(2)30(3,4)36-31(35-29)20-11-12-21-23-15-18(9-13-25(23)34-26(21)17-20)19-10-14-28-24(16-19)22-7-5-6-8-27(22)37(28,32)33/h5-17H,1-4H3. The Kier molecular flexibility index (Phi) is 4.52. The molecule has 0 atom stereocenters. The second-order valence-corrected chi connectivity index (χ2v) is 12.8. The largest absolute Gasteiger partial charge is 0.494 e. The van der Waals surface area contributed by atoms with Crippen molar-refractivity contribution in [2.45, 2.75) is 48.7 Å². The molecule has 1 saturated heterocycles. The van der Waals surface area contributed by atoms with Crippen molar-refractivity contribution in [3.05, 3.63) is 78.9 Å². The average Bonchev–Trinajstić information content (AvgIpc) is 3.43. The Morgan fingerprint density at radius 1 is 0.649 bits per heavy atom. The van der Waals surface area contributed by atoms with Crippen LogP contribution in [0.25, 0.3) is 44.2 Å². The summed E-state index contributed by atoms with van der Waals surface area (Å²) in [6.45, 7) is 8.17. The minimum absolute atomic E-state index is 0.363. The second kappa shape index (κ2) is 7.35. The highest BCUT2D eigenvalue weighted by atomic mass is 32.2. The van der Waals surface area contributed by atoms with Crippen LogP contribution in [0.15, 0.2) is 93.1 Å². The fraction of sp³-hybridized carbons (Fsp3) is 0.200. The van der Waals surface area contributed by atoms with Crippen LogP contribution in [0.5, 0.6) is 0 Å². The molecule has 1 fully saturated rings. The quantitative estimate of drug-likeness (QED) is 0.255. The Hall–Kier alpha value is -3.39. The maximum Gasteiger partial charge on any atom is 0.494 e. The number of furan rings is 1. The van der Waals surface area contributed by atoms with Crippen LogP contribution < -0.4 is 5.46 Å². The van der Waals surface area contributed by atoms with Gasteiger partial charge in [0.2, 0.25) is 9.84 Å². The van der Waals surface area contributed by atoms with Crippen molar-refractivity contribution in [2.24, 2.45) is 0 Å². The third kappa shape index (κ3) is 3.21. The molecule has 2 aliphatic rings. The predicted molar refractivity (Wildman–Crippen MR) is 146 cm³/mol. The zero-order valence-corrected chi connectivity index (χ0v) is 21.8. The van der Waals surface area contributed by atoms with Crippen molar-refractivity contribution >= 4 is 44.4 Å². The molecular formula is C30H25BO5S. The monoisotopic (exact) mass is 508 g/mol. The summed E-state index contributed by atoms with van der Waals surface area (Å²) in [6, 6.07) is 24.9. The second-order valence-electron chi connectivity index (χ2n) is 10.9. The SMILES string of the molecule is CC1(C)OB(c2ccc3c(c2)oc2ccc(-c4ccc5c(c4)-c4ccccc4S5(=O)=O)cc23)OC1(C)C. The summed E-state index contributed by atoms with van der Waals surface area (Å²) < 4.78 is 44.6. The van der Waals surface area contributed by atoms with Gasteiger partial charge in [0.15, 0.2) is 0 Å². The highest BCUT2D eigenvalue weighted by molar-refractivity contribution is 7.92. The summed E-state index contributed by atoms with van der Waals surface area (Å²) in [4.78, 5) is 0.735. The Labute approximate surface area is 216 Å². The van der Waals surface area contributed by atoms with Crippen LogP contribution in [0.4, 0.5) is 0 Å². The predicted octanol–water partition coefficient (Wildman–Crippen LogP) is 6.37. The number of hydrogen-bond acceptors (Lipinski definition) is 5. The molecule has 3 heterocycles. The van der Waals surface area contributed by atoms with Gasteiger partial charge in [0.05, 0.1) is 21.0 Å². The molecule has 0 bridgehead atoms. The van der Waals surface area contributed by atoms with Gasteiger partial charge in [-0.25, -0.2) is 8.42 Å². The summed E-state index contributed by atoms with van der Waals surface area (Å²) in [5.41, 5.74) is 5.11. The van der Waals surface area contributed by atoms with Gasteiger partial charge in [-0.1, -0.05) is 42.5 Å². The van der Waals surface area contributed by atoms with Crippen molar-refractivity contribution < 1.29 is 22.1 Å². The molecule has 7 rings (SSSR count). The fourth-order valence-electron chi connectivity index (χ4n) is 5.30. The maximum atomic E-state index is 13.0. The first-order valence-electron chi connectivity index (χ1n) is 12.4. The van der Waals surface area contributed by atoms with E-state index in [-0.39, 0.29) is 0 Å². The molecule has 5 nitrogen and oxygen atoms in total. The van der Waals surface area contributed by atoms with Gasteiger partial charge in [-0.2, -0.15) is 0 Å². The molecule has 184 valence electrons. The van der Waals surface area contributed by atoms with Crippen molar-refractivity contribution in [1.29, 1.82) is 0 Å². The van der Waals surface area contributed by atoms with Gasteiger partial charge in [0.1, 0.15) is 11.2 Å². The maximum absolute atomic E-state index is 13.0. The summed E-state index contributed by atoms with van der Waals surface area (Å²) in [5.74, 6) is 0. The summed E-state index contributed by atoms with van der Waals surface area (Å²) in [7, 11) is -3.93. The minimum atomic E-state index is -3.48. The normalized spacial score (nSPS) is 18.9. The van der Waals surface area contributed by atoms with Crippen LogP contribution in [0.1, 0.15) is 27.7 Å². The van der Waals surface area contributed by atoms with E-state index in [0.717, 1.165) is 49.7 Å². The number of benzene rings is 4. The molecule has 0 aliphatic carbocycles. The molecule has 0 spiro atoms. The van der Waals surface area contributed by atoms with Crippen LogP contribution >= 0.6 is 0 Å². The fourth-order valence-corrected chi connectivity index (χ4v) is 6.96. The number of fused-ring (bicyclic) bond motifs is 6. The first-order valence-corrected chi connectivity index (χ1v) is 13.8. The Bertz CT molecular complexity index is 1850. The lowest BCUT2D eigenvalue weighted by Crippen LogP contribution is -2.41. The molecule has 0 amide bonds. The molecule has 37 heavy (non-hydrogen) atoms. The van der Waals surface area contributed by atoms with Gasteiger partial charge in [-0.3, -0.25) is 0 Å². The topological polar surface area (TPSA) is 65.7 Å². The van der Waals surface area contributed by atoms with Crippen LogP contribution in [0.3, 0.4) is 0 Å². The van der Waals surface area contributed by atoms with Crippen molar-refractivity contribution in [3.63, 3.8) is 0 Å². The molecule has 0 radical (unpaired) electrons. The van der Waals surface area contributed by atoms with E-state index < -0.39 is 28.2 Å². The number of sulfone groups is 1. The van der Waals surface area contributed by atoms with Gasteiger partial charge in [0, 0.05) is 21.9 Å². The van der Waals surface area contributed by atoms with Gasteiger partial charge in [-0.05, 0) is 80.7 Å². The molecule has 7 heteroatoms. The van der Waals surface area contributed by atoms with E-state index in [1.54, 1.807) is 18.2 Å². The van der Waals surface area contributed by atoms with Crippen LogP contribution in [-0.2, 0) is 19.1 Å².